The molecule has 1 aromatic heterocycles. The Hall–Kier alpha value is -2.63. The van der Waals surface area contributed by atoms with Gasteiger partial charge in [-0.15, -0.1) is 0 Å². The molecule has 0 saturated heterocycles. The van der Waals surface area contributed by atoms with E-state index in [0.29, 0.717) is 23.1 Å². The average molecular weight is 381 g/mol. The van der Waals surface area contributed by atoms with Crippen LogP contribution in [0.1, 0.15) is 27.6 Å². The van der Waals surface area contributed by atoms with E-state index in [-0.39, 0.29) is 5.91 Å². The Morgan fingerprint density at radius 1 is 1.19 bits per heavy atom. The van der Waals surface area contributed by atoms with Gasteiger partial charge in [0.2, 0.25) is 0 Å². The van der Waals surface area contributed by atoms with Crippen molar-refractivity contribution in [3.63, 3.8) is 0 Å². The summed E-state index contributed by atoms with van der Waals surface area (Å²) < 4.78 is 1.88. The number of fused-ring (bicyclic) bond motifs is 1. The van der Waals surface area contributed by atoms with Crippen molar-refractivity contribution in [2.24, 2.45) is 7.05 Å². The number of anilines is 1. The molecule has 2 N–H and O–H groups in total. The van der Waals surface area contributed by atoms with Crippen LogP contribution in [0.15, 0.2) is 42.5 Å². The Morgan fingerprint density at radius 2 is 1.96 bits per heavy atom. The number of rotatable bonds is 3. The van der Waals surface area contributed by atoms with Crippen molar-refractivity contribution in [3.05, 3.63) is 70.3 Å². The molecule has 0 unspecified atom stereocenters. The number of carbonyl (C=O) groups is 1. The first-order valence-electron chi connectivity index (χ1n) is 8.97. The predicted octanol–water partition coefficient (Wildman–Crippen LogP) is 3.95. The van der Waals surface area contributed by atoms with Gasteiger partial charge in [0.05, 0.1) is 16.4 Å². The fourth-order valence-electron chi connectivity index (χ4n) is 3.55. The van der Waals surface area contributed by atoms with Crippen molar-refractivity contribution in [1.29, 1.82) is 0 Å². The summed E-state index contributed by atoms with van der Waals surface area (Å²) in [6.07, 6.45) is 0.871. The summed E-state index contributed by atoms with van der Waals surface area (Å²) in [6.45, 7) is 3.64. The number of amides is 1. The number of hydrogen-bond acceptors (Lipinski definition) is 3. The highest BCUT2D eigenvalue weighted by atomic mass is 35.5. The third-order valence-corrected chi connectivity index (χ3v) is 5.42. The summed E-state index contributed by atoms with van der Waals surface area (Å²) in [7, 11) is 1.89. The monoisotopic (exact) mass is 380 g/mol. The Labute approximate surface area is 163 Å². The van der Waals surface area contributed by atoms with Crippen molar-refractivity contribution in [2.75, 3.05) is 11.9 Å². The minimum atomic E-state index is -0.254. The second-order valence-corrected chi connectivity index (χ2v) is 7.13. The van der Waals surface area contributed by atoms with E-state index in [1.54, 1.807) is 0 Å². The molecule has 0 spiro atoms. The van der Waals surface area contributed by atoms with Crippen LogP contribution >= 0.6 is 11.6 Å². The van der Waals surface area contributed by atoms with Gasteiger partial charge in [-0.1, -0.05) is 48.0 Å². The summed E-state index contributed by atoms with van der Waals surface area (Å²) in [5, 5.41) is 6.74. The number of nitrogens with one attached hydrogen (secondary N) is 2. The number of aromatic nitrogens is 2. The molecule has 0 aliphatic carbocycles. The summed E-state index contributed by atoms with van der Waals surface area (Å²) in [6, 6.07) is 13.7. The average Bonchev–Trinajstić information content (AvgIpc) is 3.01. The maximum atomic E-state index is 12.8. The number of halogens is 1. The molecule has 6 heteroatoms. The molecular formula is C21H21ClN4O. The molecule has 0 fully saturated rings. The van der Waals surface area contributed by atoms with Gasteiger partial charge < -0.3 is 15.2 Å². The quantitative estimate of drug-likeness (QED) is 0.723. The molecule has 27 heavy (non-hydrogen) atoms. The molecule has 1 amide bonds. The molecule has 2 aromatic carbocycles. The number of imidazole rings is 1. The molecule has 0 saturated carbocycles. The molecule has 2 heterocycles. The predicted molar refractivity (Wildman–Crippen MR) is 108 cm³/mol. The molecular weight excluding hydrogens is 360 g/mol. The Kier molecular flexibility index (Phi) is 4.72. The number of carbonyl (C=O) groups excluding carboxylic acids is 1. The number of nitrogens with zero attached hydrogens (tertiary/aromatic N) is 2. The van der Waals surface area contributed by atoms with Crippen LogP contribution < -0.4 is 10.6 Å². The van der Waals surface area contributed by atoms with E-state index in [1.807, 2.05) is 61.0 Å². The van der Waals surface area contributed by atoms with Gasteiger partial charge in [0.15, 0.2) is 5.82 Å². The Bertz CT molecular complexity index is 1030. The highest BCUT2D eigenvalue weighted by Gasteiger charge is 2.22. The number of aryl methyl sites for hydroxylation is 1. The molecule has 4 rings (SSSR count). The van der Waals surface area contributed by atoms with Crippen molar-refractivity contribution in [2.45, 2.75) is 19.9 Å². The van der Waals surface area contributed by atoms with Gasteiger partial charge in [-0.2, -0.15) is 0 Å². The third-order valence-electron chi connectivity index (χ3n) is 5.01. The lowest BCUT2D eigenvalue weighted by Gasteiger charge is -2.14. The summed E-state index contributed by atoms with van der Waals surface area (Å²) in [5.41, 5.74) is 5.72. The molecule has 1 aliphatic rings. The van der Waals surface area contributed by atoms with Crippen LogP contribution in [0.2, 0.25) is 5.02 Å². The fourth-order valence-corrected chi connectivity index (χ4v) is 3.82. The van der Waals surface area contributed by atoms with Crippen LogP contribution in [0.4, 0.5) is 5.69 Å². The van der Waals surface area contributed by atoms with E-state index in [9.17, 15) is 4.79 Å². The molecule has 5 nitrogen and oxygen atoms in total. The van der Waals surface area contributed by atoms with Gasteiger partial charge >= 0.3 is 0 Å². The van der Waals surface area contributed by atoms with Gasteiger partial charge in [-0.3, -0.25) is 4.79 Å². The van der Waals surface area contributed by atoms with E-state index in [1.165, 1.54) is 0 Å². The zero-order chi connectivity index (χ0) is 19.0. The van der Waals surface area contributed by atoms with Crippen molar-refractivity contribution in [1.82, 2.24) is 14.9 Å². The zero-order valence-electron chi connectivity index (χ0n) is 15.3. The smallest absolute Gasteiger partial charge is 0.291 e. The molecule has 3 aromatic rings. The lowest BCUT2D eigenvalue weighted by molar-refractivity contribution is 0.101. The lowest BCUT2D eigenvalue weighted by atomic mass is 10.00. The van der Waals surface area contributed by atoms with Crippen LogP contribution in [0.5, 0.6) is 0 Å². The molecule has 0 bridgehead atoms. The van der Waals surface area contributed by atoms with Gasteiger partial charge in [-0.25, -0.2) is 4.98 Å². The maximum Gasteiger partial charge on any atom is 0.291 e. The zero-order valence-corrected chi connectivity index (χ0v) is 16.1. The van der Waals surface area contributed by atoms with Crippen molar-refractivity contribution >= 4 is 23.2 Å². The molecule has 138 valence electrons. The highest BCUT2D eigenvalue weighted by molar-refractivity contribution is 6.36. The van der Waals surface area contributed by atoms with Crippen LogP contribution in [0.3, 0.4) is 0 Å². The van der Waals surface area contributed by atoms with E-state index in [0.717, 1.165) is 41.0 Å². The fraction of sp³-hybridized carbons (Fsp3) is 0.238. The van der Waals surface area contributed by atoms with Crippen LogP contribution in [-0.2, 0) is 20.0 Å². The van der Waals surface area contributed by atoms with E-state index in [2.05, 4.69) is 15.6 Å². The van der Waals surface area contributed by atoms with Crippen LogP contribution in [0.25, 0.3) is 11.1 Å². The lowest BCUT2D eigenvalue weighted by Crippen LogP contribution is -2.24. The van der Waals surface area contributed by atoms with Gasteiger partial charge in [0, 0.05) is 37.8 Å². The normalized spacial score (nSPS) is 13.3. The van der Waals surface area contributed by atoms with E-state index < -0.39 is 0 Å². The Balaban J connectivity index is 1.66. The largest absolute Gasteiger partial charge is 0.327 e. The van der Waals surface area contributed by atoms with Crippen LogP contribution in [0, 0.1) is 6.92 Å². The van der Waals surface area contributed by atoms with Gasteiger partial charge in [0.25, 0.3) is 5.91 Å². The topological polar surface area (TPSA) is 59.0 Å². The first-order chi connectivity index (χ1) is 13.1. The minimum Gasteiger partial charge on any atom is -0.327 e. The third kappa shape index (κ3) is 3.24. The van der Waals surface area contributed by atoms with E-state index in [4.69, 9.17) is 11.6 Å². The van der Waals surface area contributed by atoms with Gasteiger partial charge in [0.1, 0.15) is 0 Å². The standard InChI is InChI=1S/C21H21ClN4O/c1-13-6-3-4-7-14(13)15-8-5-9-16(19(15)22)25-21(27)20-24-17-12-23-11-10-18(17)26(20)2/h3-9,23H,10-12H2,1-2H3,(H,25,27). The summed E-state index contributed by atoms with van der Waals surface area (Å²) >= 11 is 6.64. The first kappa shape index (κ1) is 17.8. The number of benzene rings is 2. The molecule has 0 radical (unpaired) electrons. The first-order valence-corrected chi connectivity index (χ1v) is 9.35. The second kappa shape index (κ2) is 7.18. The van der Waals surface area contributed by atoms with Crippen molar-refractivity contribution < 1.29 is 4.79 Å². The maximum absolute atomic E-state index is 12.8. The minimum absolute atomic E-state index is 0.254. The summed E-state index contributed by atoms with van der Waals surface area (Å²) in [4.78, 5) is 17.4. The SMILES string of the molecule is Cc1ccccc1-c1cccc(NC(=O)c2nc3c(n2C)CCNC3)c1Cl. The Morgan fingerprint density at radius 3 is 2.74 bits per heavy atom. The second-order valence-electron chi connectivity index (χ2n) is 6.75. The van der Waals surface area contributed by atoms with Crippen molar-refractivity contribution in [3.8, 4) is 11.1 Å². The number of hydrogen-bond donors (Lipinski definition) is 2. The highest BCUT2D eigenvalue weighted by Crippen LogP contribution is 2.35. The summed E-state index contributed by atoms with van der Waals surface area (Å²) in [5.74, 6) is 0.150. The van der Waals surface area contributed by atoms with Crippen LogP contribution in [-0.4, -0.2) is 22.0 Å². The van der Waals surface area contributed by atoms with Gasteiger partial charge in [-0.05, 0) is 24.1 Å². The molecule has 0 atom stereocenters. The van der Waals surface area contributed by atoms with E-state index >= 15 is 0 Å². The molecule has 1 aliphatic heterocycles.